The maximum Gasteiger partial charge on any atom is 0.323 e. The molecule has 0 spiro atoms. The van der Waals surface area contributed by atoms with Crippen LogP contribution in [0.1, 0.15) is 5.56 Å². The Morgan fingerprint density at radius 3 is 2.60 bits per heavy atom. The number of H-pyrrole nitrogens is 2. The number of nitrogens with one attached hydrogen (secondary N) is 3. The van der Waals surface area contributed by atoms with E-state index in [-0.39, 0.29) is 12.2 Å². The van der Waals surface area contributed by atoms with Crippen LogP contribution >= 0.6 is 0 Å². The molecular weight excluding hydrogens is 264 g/mol. The second-order valence-corrected chi connectivity index (χ2v) is 4.43. The zero-order chi connectivity index (χ0) is 14.1. The average molecular weight is 275 g/mol. The number of hydrogen-bond donors (Lipinski definition) is 3. The monoisotopic (exact) mass is 275 g/mol. The second kappa shape index (κ2) is 4.80. The smallest absolute Gasteiger partial charge is 0.323 e. The Morgan fingerprint density at radius 2 is 1.80 bits per heavy atom. The van der Waals surface area contributed by atoms with E-state index < -0.39 is 11.6 Å². The van der Waals surface area contributed by atoms with Gasteiger partial charge in [-0.3, -0.25) is 0 Å². The highest BCUT2D eigenvalue weighted by atomic mass is 19.1. The molecule has 0 aliphatic rings. The first-order chi connectivity index (χ1) is 9.61. The van der Waals surface area contributed by atoms with E-state index in [4.69, 9.17) is 0 Å². The van der Waals surface area contributed by atoms with Gasteiger partial charge in [-0.25, -0.2) is 13.6 Å². The molecule has 4 nitrogen and oxygen atoms in total. The Labute approximate surface area is 112 Å². The molecule has 0 unspecified atom stereocenters. The van der Waals surface area contributed by atoms with Gasteiger partial charge in [-0.2, -0.15) is 0 Å². The molecule has 0 atom stereocenters. The van der Waals surface area contributed by atoms with Gasteiger partial charge in [-0.05, 0) is 24.3 Å². The molecule has 3 rings (SSSR count). The summed E-state index contributed by atoms with van der Waals surface area (Å²) in [5.74, 6) is -1.19. The lowest BCUT2D eigenvalue weighted by Gasteiger charge is -2.07. The number of anilines is 1. The first kappa shape index (κ1) is 12.4. The van der Waals surface area contributed by atoms with Crippen molar-refractivity contribution in [3.8, 4) is 0 Å². The van der Waals surface area contributed by atoms with Gasteiger partial charge in [-0.1, -0.05) is 6.07 Å². The SMILES string of the molecule is O=c1[nH]c2ccc(NCc3ccc(F)cc3F)cc2[nH]1. The van der Waals surface area contributed by atoms with Crippen molar-refractivity contribution >= 4 is 16.7 Å². The Hall–Kier alpha value is -2.63. The topological polar surface area (TPSA) is 60.7 Å². The number of imidazole rings is 1. The molecule has 1 heterocycles. The predicted molar refractivity (Wildman–Crippen MR) is 72.6 cm³/mol. The van der Waals surface area contributed by atoms with Gasteiger partial charge in [0.15, 0.2) is 0 Å². The molecule has 3 aromatic rings. The maximum absolute atomic E-state index is 13.5. The summed E-state index contributed by atoms with van der Waals surface area (Å²) in [7, 11) is 0. The molecule has 0 saturated carbocycles. The van der Waals surface area contributed by atoms with Crippen molar-refractivity contribution in [2.24, 2.45) is 0 Å². The molecule has 0 radical (unpaired) electrons. The van der Waals surface area contributed by atoms with E-state index in [1.807, 2.05) is 0 Å². The third kappa shape index (κ3) is 2.40. The zero-order valence-electron chi connectivity index (χ0n) is 10.3. The Balaban J connectivity index is 1.80. The lowest BCUT2D eigenvalue weighted by atomic mass is 10.2. The van der Waals surface area contributed by atoms with Gasteiger partial charge in [0.2, 0.25) is 0 Å². The number of fused-ring (bicyclic) bond motifs is 1. The first-order valence-corrected chi connectivity index (χ1v) is 6.02. The van der Waals surface area contributed by atoms with Crippen LogP contribution in [0.3, 0.4) is 0 Å². The lowest BCUT2D eigenvalue weighted by molar-refractivity contribution is 0.574. The highest BCUT2D eigenvalue weighted by Crippen LogP contribution is 2.16. The average Bonchev–Trinajstić information content (AvgIpc) is 2.77. The van der Waals surface area contributed by atoms with Crippen LogP contribution < -0.4 is 11.0 Å². The van der Waals surface area contributed by atoms with Crippen LogP contribution in [0, 0.1) is 11.6 Å². The third-order valence-corrected chi connectivity index (χ3v) is 3.01. The van der Waals surface area contributed by atoms with Crippen LogP contribution in [0.4, 0.5) is 14.5 Å². The van der Waals surface area contributed by atoms with E-state index in [1.165, 1.54) is 12.1 Å². The van der Waals surface area contributed by atoms with Crippen LogP contribution in [0.25, 0.3) is 11.0 Å². The van der Waals surface area contributed by atoms with Crippen LogP contribution in [-0.4, -0.2) is 9.97 Å². The van der Waals surface area contributed by atoms with Crippen molar-refractivity contribution in [3.05, 3.63) is 64.1 Å². The van der Waals surface area contributed by atoms with Crippen LogP contribution in [0.2, 0.25) is 0 Å². The van der Waals surface area contributed by atoms with Crippen molar-refractivity contribution in [1.29, 1.82) is 0 Å². The molecule has 2 aromatic carbocycles. The summed E-state index contributed by atoms with van der Waals surface area (Å²) in [6.07, 6.45) is 0. The largest absolute Gasteiger partial charge is 0.381 e. The van der Waals surface area contributed by atoms with Gasteiger partial charge < -0.3 is 15.3 Å². The number of aromatic amines is 2. The lowest BCUT2D eigenvalue weighted by Crippen LogP contribution is -2.02. The Morgan fingerprint density at radius 1 is 1.00 bits per heavy atom. The molecule has 0 fully saturated rings. The van der Waals surface area contributed by atoms with E-state index in [2.05, 4.69) is 15.3 Å². The van der Waals surface area contributed by atoms with Crippen LogP contribution in [0.15, 0.2) is 41.2 Å². The van der Waals surface area contributed by atoms with E-state index in [0.717, 1.165) is 11.8 Å². The Bertz CT molecular complexity index is 823. The fraction of sp³-hybridized carbons (Fsp3) is 0.0714. The number of rotatable bonds is 3. The van der Waals surface area contributed by atoms with E-state index in [0.29, 0.717) is 16.6 Å². The maximum atomic E-state index is 13.5. The van der Waals surface area contributed by atoms with Gasteiger partial charge in [0.05, 0.1) is 11.0 Å². The van der Waals surface area contributed by atoms with Crippen molar-refractivity contribution in [2.75, 3.05) is 5.32 Å². The molecule has 0 saturated heterocycles. The molecule has 0 bridgehead atoms. The number of halogens is 2. The summed E-state index contributed by atoms with van der Waals surface area (Å²) in [4.78, 5) is 16.4. The van der Waals surface area contributed by atoms with Gasteiger partial charge in [0.1, 0.15) is 11.6 Å². The minimum Gasteiger partial charge on any atom is -0.381 e. The highest BCUT2D eigenvalue weighted by molar-refractivity contribution is 5.78. The molecular formula is C14H11F2N3O. The standard InChI is InChI=1S/C14H11F2N3O/c15-9-2-1-8(11(16)5-9)7-17-10-3-4-12-13(6-10)19-14(20)18-12/h1-6,17H,7H2,(H2,18,19,20). The minimum atomic E-state index is -0.599. The number of aromatic nitrogens is 2. The first-order valence-electron chi connectivity index (χ1n) is 6.02. The quantitative estimate of drug-likeness (QED) is 0.688. The van der Waals surface area contributed by atoms with E-state index in [1.54, 1.807) is 18.2 Å². The second-order valence-electron chi connectivity index (χ2n) is 4.43. The number of benzene rings is 2. The summed E-state index contributed by atoms with van der Waals surface area (Å²) >= 11 is 0. The molecule has 102 valence electrons. The molecule has 0 aliphatic heterocycles. The Kier molecular flexibility index (Phi) is 2.98. The van der Waals surface area contributed by atoms with Gasteiger partial charge in [-0.15, -0.1) is 0 Å². The summed E-state index contributed by atoms with van der Waals surface area (Å²) in [5.41, 5.74) is 2.19. The van der Waals surface area contributed by atoms with Crippen molar-refractivity contribution in [2.45, 2.75) is 6.54 Å². The highest BCUT2D eigenvalue weighted by Gasteiger charge is 2.04. The molecule has 20 heavy (non-hydrogen) atoms. The normalized spacial score (nSPS) is 10.9. The summed E-state index contributed by atoms with van der Waals surface area (Å²) in [6.45, 7) is 0.228. The van der Waals surface area contributed by atoms with Gasteiger partial charge in [0.25, 0.3) is 0 Å². The molecule has 3 N–H and O–H groups in total. The summed E-state index contributed by atoms with van der Waals surface area (Å²) in [5, 5.41) is 3.02. The fourth-order valence-electron chi connectivity index (χ4n) is 2.00. The minimum absolute atomic E-state index is 0.228. The molecule has 6 heteroatoms. The van der Waals surface area contributed by atoms with E-state index >= 15 is 0 Å². The fourth-order valence-corrected chi connectivity index (χ4v) is 2.00. The van der Waals surface area contributed by atoms with Crippen molar-refractivity contribution in [1.82, 2.24) is 9.97 Å². The van der Waals surface area contributed by atoms with Crippen LogP contribution in [0.5, 0.6) is 0 Å². The van der Waals surface area contributed by atoms with Crippen molar-refractivity contribution in [3.63, 3.8) is 0 Å². The third-order valence-electron chi connectivity index (χ3n) is 3.01. The van der Waals surface area contributed by atoms with E-state index in [9.17, 15) is 13.6 Å². The molecule has 1 aromatic heterocycles. The van der Waals surface area contributed by atoms with Crippen molar-refractivity contribution < 1.29 is 8.78 Å². The van der Waals surface area contributed by atoms with Crippen LogP contribution in [-0.2, 0) is 6.54 Å². The molecule has 0 aliphatic carbocycles. The number of hydrogen-bond acceptors (Lipinski definition) is 2. The zero-order valence-corrected chi connectivity index (χ0v) is 10.3. The molecule has 0 amide bonds. The van der Waals surface area contributed by atoms with Gasteiger partial charge in [0, 0.05) is 23.9 Å². The summed E-state index contributed by atoms with van der Waals surface area (Å²) < 4.78 is 26.3. The van der Waals surface area contributed by atoms with Gasteiger partial charge >= 0.3 is 5.69 Å². The summed E-state index contributed by atoms with van der Waals surface area (Å²) in [6, 6.07) is 8.73. The predicted octanol–water partition coefficient (Wildman–Crippen LogP) is 2.75.